The maximum absolute atomic E-state index is 14.5. The molecule has 200 valence electrons. The Hall–Kier alpha value is -3.76. The van der Waals surface area contributed by atoms with E-state index in [0.717, 1.165) is 12.1 Å². The number of aliphatic carboxylic acids is 1. The number of carbonyl (C=O) groups excluding carboxylic acids is 1. The van der Waals surface area contributed by atoms with Crippen molar-refractivity contribution >= 4 is 29.2 Å². The van der Waals surface area contributed by atoms with E-state index >= 15 is 0 Å². The highest BCUT2D eigenvalue weighted by Crippen LogP contribution is 2.51. The molecule has 0 unspecified atom stereocenters. The summed E-state index contributed by atoms with van der Waals surface area (Å²) < 4.78 is 54.4. The molecule has 1 aliphatic rings. The monoisotopic (exact) mass is 549 g/mol. The Morgan fingerprint density at radius 3 is 2.37 bits per heavy atom. The third-order valence-electron chi connectivity index (χ3n) is 6.50. The van der Waals surface area contributed by atoms with E-state index < -0.39 is 35.1 Å². The Morgan fingerprint density at radius 2 is 1.76 bits per heavy atom. The molecule has 0 fully saturated rings. The molecule has 0 saturated heterocycles. The summed E-state index contributed by atoms with van der Waals surface area (Å²) >= 11 is 6.38. The summed E-state index contributed by atoms with van der Waals surface area (Å²) in [4.78, 5) is 24.0. The van der Waals surface area contributed by atoms with E-state index in [1.807, 2.05) is 0 Å². The smallest absolute Gasteiger partial charge is 0.422 e. The minimum atomic E-state index is -5.10. The van der Waals surface area contributed by atoms with Gasteiger partial charge in [-0.15, -0.1) is 0 Å². The lowest BCUT2D eigenvalue weighted by Crippen LogP contribution is -2.47. The average molecular weight is 550 g/mol. The van der Waals surface area contributed by atoms with Gasteiger partial charge in [0.1, 0.15) is 17.2 Å². The molecule has 38 heavy (non-hydrogen) atoms. The van der Waals surface area contributed by atoms with Crippen LogP contribution >= 0.6 is 11.6 Å². The van der Waals surface area contributed by atoms with Crippen LogP contribution in [0.3, 0.4) is 0 Å². The number of halogens is 4. The molecular formula is C27H23ClF3NO6. The molecule has 3 aromatic rings. The minimum Gasteiger partial charge on any atom is -0.482 e. The number of ether oxygens (including phenoxy) is 2. The minimum absolute atomic E-state index is 0.0223. The van der Waals surface area contributed by atoms with Crippen LogP contribution in [0, 0.1) is 0 Å². The second-order valence-electron chi connectivity index (χ2n) is 8.91. The lowest BCUT2D eigenvalue weighted by molar-refractivity contribution is -0.274. The highest BCUT2D eigenvalue weighted by Gasteiger charge is 2.59. The van der Waals surface area contributed by atoms with Crippen molar-refractivity contribution in [3.8, 4) is 17.2 Å². The lowest BCUT2D eigenvalue weighted by Gasteiger charge is -2.38. The second kappa shape index (κ2) is 10.2. The van der Waals surface area contributed by atoms with Crippen molar-refractivity contribution in [2.75, 3.05) is 18.6 Å². The number of alkyl halides is 3. The second-order valence-corrected chi connectivity index (χ2v) is 9.32. The van der Waals surface area contributed by atoms with Crippen LogP contribution in [0.25, 0.3) is 0 Å². The van der Waals surface area contributed by atoms with Gasteiger partial charge in [-0.2, -0.15) is 13.2 Å². The van der Waals surface area contributed by atoms with E-state index in [1.54, 1.807) is 24.3 Å². The van der Waals surface area contributed by atoms with Crippen LogP contribution < -0.4 is 14.4 Å². The number of carboxylic acid groups (broad SMARTS) is 1. The van der Waals surface area contributed by atoms with E-state index in [2.05, 4.69) is 0 Å². The van der Waals surface area contributed by atoms with Crippen LogP contribution in [-0.2, 0) is 21.6 Å². The molecule has 3 aromatic carbocycles. The highest BCUT2D eigenvalue weighted by molar-refractivity contribution is 6.31. The Morgan fingerprint density at radius 1 is 1.11 bits per heavy atom. The van der Waals surface area contributed by atoms with Crippen molar-refractivity contribution in [1.82, 2.24) is 0 Å². The zero-order valence-corrected chi connectivity index (χ0v) is 21.0. The molecule has 0 bridgehead atoms. The van der Waals surface area contributed by atoms with E-state index in [1.165, 1.54) is 43.1 Å². The Balaban J connectivity index is 1.65. The van der Waals surface area contributed by atoms with Crippen LogP contribution in [0.15, 0.2) is 60.7 Å². The van der Waals surface area contributed by atoms with Gasteiger partial charge in [0, 0.05) is 18.0 Å². The maximum atomic E-state index is 14.5. The van der Waals surface area contributed by atoms with Gasteiger partial charge in [-0.3, -0.25) is 9.59 Å². The summed E-state index contributed by atoms with van der Waals surface area (Å²) in [6.07, 6.45) is -5.25. The molecule has 0 radical (unpaired) electrons. The molecule has 0 aromatic heterocycles. The van der Waals surface area contributed by atoms with Gasteiger partial charge in [-0.25, -0.2) is 0 Å². The fraction of sp³-hybridized carbons (Fsp3) is 0.259. The molecule has 4 rings (SSSR count). The predicted molar refractivity (Wildman–Crippen MR) is 133 cm³/mol. The number of nitrogens with zero attached hydrogens (tertiary/aromatic N) is 1. The third-order valence-corrected chi connectivity index (χ3v) is 6.82. The normalized spacial score (nSPS) is 15.8. The average Bonchev–Trinajstić information content (AvgIpc) is 2.85. The molecule has 1 heterocycles. The van der Waals surface area contributed by atoms with E-state index in [4.69, 9.17) is 26.2 Å². The quantitative estimate of drug-likeness (QED) is 0.394. The van der Waals surface area contributed by atoms with Gasteiger partial charge < -0.3 is 24.6 Å². The standard InChI is InChI=1S/C27H23ClF3NO6/c1-15(20-9-8-19(13-21(20)28)38-18-6-3-16(4-7-18)11-25(34)35)26(36,27(29,30)31)17-5-10-23-22(12-17)32(2)24(33)14-37-23/h3-10,12-13,15,36H,11,14H2,1-2H3,(H,34,35)/t15-,26-/m0/s1. The van der Waals surface area contributed by atoms with Gasteiger partial charge in [0.15, 0.2) is 12.2 Å². The summed E-state index contributed by atoms with van der Waals surface area (Å²) in [7, 11) is 1.42. The summed E-state index contributed by atoms with van der Waals surface area (Å²) in [5.74, 6) is -2.13. The number of carbonyl (C=O) groups is 2. The van der Waals surface area contributed by atoms with Gasteiger partial charge in [0.25, 0.3) is 5.91 Å². The maximum Gasteiger partial charge on any atom is 0.422 e. The molecule has 11 heteroatoms. The van der Waals surface area contributed by atoms with Gasteiger partial charge in [0.05, 0.1) is 12.1 Å². The van der Waals surface area contributed by atoms with Crippen molar-refractivity contribution in [2.45, 2.75) is 31.0 Å². The largest absolute Gasteiger partial charge is 0.482 e. The zero-order chi connectivity index (χ0) is 27.8. The molecule has 1 aliphatic heterocycles. The molecule has 7 nitrogen and oxygen atoms in total. The third kappa shape index (κ3) is 5.14. The van der Waals surface area contributed by atoms with Crippen LogP contribution in [-0.4, -0.2) is 41.9 Å². The fourth-order valence-electron chi connectivity index (χ4n) is 4.30. The van der Waals surface area contributed by atoms with E-state index in [9.17, 15) is 27.9 Å². The van der Waals surface area contributed by atoms with Gasteiger partial charge in [-0.1, -0.05) is 42.8 Å². The zero-order valence-electron chi connectivity index (χ0n) is 20.3. The first-order chi connectivity index (χ1) is 17.8. The molecular weight excluding hydrogens is 527 g/mol. The number of rotatable bonds is 7. The first kappa shape index (κ1) is 27.3. The number of fused-ring (bicyclic) bond motifs is 1. The molecule has 2 N–H and O–H groups in total. The summed E-state index contributed by atoms with van der Waals surface area (Å²) in [6, 6.07) is 13.9. The topological polar surface area (TPSA) is 96.3 Å². The van der Waals surface area contributed by atoms with Crippen molar-refractivity contribution in [2.24, 2.45) is 0 Å². The van der Waals surface area contributed by atoms with Crippen molar-refractivity contribution < 1.29 is 42.4 Å². The first-order valence-corrected chi connectivity index (χ1v) is 11.8. The van der Waals surface area contributed by atoms with Crippen molar-refractivity contribution in [3.05, 3.63) is 82.4 Å². The number of amides is 1. The number of aliphatic hydroxyl groups is 1. The predicted octanol–water partition coefficient (Wildman–Crippen LogP) is 5.67. The number of hydrogen-bond acceptors (Lipinski definition) is 5. The first-order valence-electron chi connectivity index (χ1n) is 11.4. The van der Waals surface area contributed by atoms with Gasteiger partial charge in [-0.05, 0) is 53.1 Å². The Bertz CT molecular complexity index is 1380. The van der Waals surface area contributed by atoms with E-state index in [0.29, 0.717) is 11.3 Å². The number of hydrogen-bond donors (Lipinski definition) is 2. The summed E-state index contributed by atoms with van der Waals surface area (Å²) in [6.45, 7) is 0.973. The van der Waals surface area contributed by atoms with Crippen LogP contribution in [0.1, 0.15) is 29.5 Å². The van der Waals surface area contributed by atoms with Gasteiger partial charge >= 0.3 is 12.1 Å². The Labute approximate surface area is 221 Å². The van der Waals surface area contributed by atoms with E-state index in [-0.39, 0.29) is 40.8 Å². The summed E-state index contributed by atoms with van der Waals surface area (Å²) in [5, 5.41) is 20.0. The number of anilines is 1. The van der Waals surface area contributed by atoms with Crippen LogP contribution in [0.4, 0.5) is 18.9 Å². The highest BCUT2D eigenvalue weighted by atomic mass is 35.5. The number of carboxylic acids is 1. The van der Waals surface area contributed by atoms with Crippen molar-refractivity contribution in [3.63, 3.8) is 0 Å². The van der Waals surface area contributed by atoms with Crippen LogP contribution in [0.2, 0.25) is 5.02 Å². The molecule has 1 amide bonds. The SMILES string of the molecule is C[C@@H](c1ccc(Oc2ccc(CC(=O)O)cc2)cc1Cl)[C@](O)(c1ccc2c(c1)N(C)C(=O)CO2)C(F)(F)F. The van der Waals surface area contributed by atoms with Gasteiger partial charge in [0.2, 0.25) is 0 Å². The van der Waals surface area contributed by atoms with Crippen molar-refractivity contribution in [1.29, 1.82) is 0 Å². The molecule has 0 spiro atoms. The molecule has 0 aliphatic carbocycles. The lowest BCUT2D eigenvalue weighted by atomic mass is 9.77. The number of benzene rings is 3. The number of likely N-dealkylation sites (N-methyl/N-ethyl adjacent to an activating group) is 1. The molecule has 0 saturated carbocycles. The van der Waals surface area contributed by atoms with Crippen LogP contribution in [0.5, 0.6) is 17.2 Å². The Kier molecular flexibility index (Phi) is 7.31. The molecule has 2 atom stereocenters. The fourth-order valence-corrected chi connectivity index (χ4v) is 4.64. The summed E-state index contributed by atoms with van der Waals surface area (Å²) in [5.41, 5.74) is -3.12.